The number of amides is 1. The molecule has 2 aromatic carbocycles. The van der Waals surface area contributed by atoms with Crippen molar-refractivity contribution in [2.24, 2.45) is 0 Å². The number of likely N-dealkylation sites (tertiary alicyclic amines) is 1. The van der Waals surface area contributed by atoms with E-state index in [9.17, 15) is 4.79 Å². The molecular weight excluding hydrogens is 416 g/mol. The molecule has 0 saturated carbocycles. The van der Waals surface area contributed by atoms with Crippen LogP contribution in [0.5, 0.6) is 11.5 Å². The number of nitrogens with two attached hydrogens (primary N) is 1. The highest BCUT2D eigenvalue weighted by Crippen LogP contribution is 2.35. The van der Waals surface area contributed by atoms with E-state index in [1.807, 2.05) is 54.6 Å². The number of aromatic nitrogens is 1. The number of carbonyl (C=O) groups excluding carboxylic acids is 1. The summed E-state index contributed by atoms with van der Waals surface area (Å²) in [5, 5.41) is 0. The smallest absolute Gasteiger partial charge is 0.277 e. The number of hydrogen-bond acceptors (Lipinski definition) is 6. The lowest BCUT2D eigenvalue weighted by Crippen LogP contribution is -2.25. The molecule has 0 bridgehead atoms. The van der Waals surface area contributed by atoms with Crippen LogP contribution in [0.25, 0.3) is 11.3 Å². The third-order valence-electron chi connectivity index (χ3n) is 6.28. The lowest BCUT2D eigenvalue weighted by atomic mass is 10.1. The molecule has 1 fully saturated rings. The second-order valence-corrected chi connectivity index (χ2v) is 8.45. The van der Waals surface area contributed by atoms with Gasteiger partial charge < -0.3 is 20.1 Å². The van der Waals surface area contributed by atoms with Gasteiger partial charge in [0.05, 0.1) is 19.3 Å². The van der Waals surface area contributed by atoms with Crippen LogP contribution in [-0.2, 0) is 6.54 Å². The minimum Gasteiger partial charge on any atom is -0.493 e. The first-order valence-corrected chi connectivity index (χ1v) is 11.3. The molecule has 170 valence electrons. The van der Waals surface area contributed by atoms with E-state index in [4.69, 9.17) is 15.2 Å². The van der Waals surface area contributed by atoms with Crippen molar-refractivity contribution < 1.29 is 14.3 Å². The summed E-state index contributed by atoms with van der Waals surface area (Å²) in [7, 11) is 1.62. The normalized spacial score (nSPS) is 15.7. The number of benzene rings is 2. The molecule has 0 atom stereocenters. The molecule has 7 heteroatoms. The van der Waals surface area contributed by atoms with Crippen LogP contribution in [0.4, 0.5) is 11.4 Å². The zero-order valence-electron chi connectivity index (χ0n) is 18.8. The summed E-state index contributed by atoms with van der Waals surface area (Å²) < 4.78 is 11.5. The van der Waals surface area contributed by atoms with E-state index in [0.717, 1.165) is 42.1 Å². The molecule has 1 saturated heterocycles. The number of carbonyl (C=O) groups is 1. The van der Waals surface area contributed by atoms with E-state index in [1.54, 1.807) is 12.0 Å². The van der Waals surface area contributed by atoms with Crippen molar-refractivity contribution in [3.63, 3.8) is 0 Å². The van der Waals surface area contributed by atoms with E-state index in [0.29, 0.717) is 36.0 Å². The number of rotatable bonds is 7. The molecule has 2 aliphatic heterocycles. The minimum absolute atomic E-state index is 0.118. The lowest BCUT2D eigenvalue weighted by Gasteiger charge is -2.19. The average Bonchev–Trinajstić information content (AvgIpc) is 3.47. The zero-order chi connectivity index (χ0) is 22.8. The number of nitrogen functional groups attached to an aromatic ring is 1. The van der Waals surface area contributed by atoms with Crippen LogP contribution < -0.4 is 20.1 Å². The largest absolute Gasteiger partial charge is 0.493 e. The molecule has 5 rings (SSSR count). The fraction of sp³-hybridized carbons (Fsp3) is 0.308. The topological polar surface area (TPSA) is 80.9 Å². The maximum Gasteiger partial charge on any atom is 0.277 e. The van der Waals surface area contributed by atoms with Crippen LogP contribution in [0.15, 0.2) is 54.6 Å². The van der Waals surface area contributed by atoms with Gasteiger partial charge in [0, 0.05) is 35.1 Å². The molecule has 1 aromatic heterocycles. The van der Waals surface area contributed by atoms with Crippen LogP contribution in [0.1, 0.15) is 28.9 Å². The van der Waals surface area contributed by atoms with Gasteiger partial charge in [-0.3, -0.25) is 9.69 Å². The third kappa shape index (κ3) is 4.36. The molecular formula is C26H28N4O3. The Balaban J connectivity index is 1.32. The number of hydrogen-bond donors (Lipinski definition) is 1. The Morgan fingerprint density at radius 2 is 1.79 bits per heavy atom. The molecule has 2 N–H and O–H groups in total. The van der Waals surface area contributed by atoms with Crippen LogP contribution in [0.3, 0.4) is 0 Å². The Labute approximate surface area is 193 Å². The Morgan fingerprint density at radius 1 is 1.00 bits per heavy atom. The Morgan fingerprint density at radius 3 is 2.55 bits per heavy atom. The highest BCUT2D eigenvalue weighted by molar-refractivity contribution is 6.09. The van der Waals surface area contributed by atoms with E-state index >= 15 is 0 Å². The summed E-state index contributed by atoms with van der Waals surface area (Å²) in [6, 6.07) is 17.0. The Hall–Kier alpha value is -3.58. The Bertz CT molecular complexity index is 1160. The molecule has 3 aromatic rings. The van der Waals surface area contributed by atoms with E-state index in [1.165, 1.54) is 12.8 Å². The number of anilines is 2. The number of nitrogens with zero attached hydrogens (tertiary/aromatic N) is 3. The summed E-state index contributed by atoms with van der Waals surface area (Å²) in [6.45, 7) is 4.28. The third-order valence-corrected chi connectivity index (χ3v) is 6.28. The molecule has 0 aliphatic carbocycles. The van der Waals surface area contributed by atoms with Gasteiger partial charge in [0.1, 0.15) is 12.3 Å². The second kappa shape index (κ2) is 9.11. The fourth-order valence-corrected chi connectivity index (χ4v) is 4.43. The highest BCUT2D eigenvalue weighted by Gasteiger charge is 2.31. The van der Waals surface area contributed by atoms with E-state index in [-0.39, 0.29) is 5.91 Å². The van der Waals surface area contributed by atoms with Gasteiger partial charge >= 0.3 is 0 Å². The first-order chi connectivity index (χ1) is 16.1. The van der Waals surface area contributed by atoms with Gasteiger partial charge in [0.15, 0.2) is 11.5 Å². The van der Waals surface area contributed by atoms with E-state index in [2.05, 4.69) is 9.88 Å². The number of pyridine rings is 1. The van der Waals surface area contributed by atoms with Gasteiger partial charge in [-0.05, 0) is 56.3 Å². The molecule has 0 radical (unpaired) electrons. The predicted octanol–water partition coefficient (Wildman–Crippen LogP) is 3.97. The van der Waals surface area contributed by atoms with Crippen molar-refractivity contribution in [1.82, 2.24) is 9.88 Å². The van der Waals surface area contributed by atoms with Gasteiger partial charge in [-0.1, -0.05) is 18.2 Å². The van der Waals surface area contributed by atoms with Crippen LogP contribution in [0, 0.1) is 0 Å². The van der Waals surface area contributed by atoms with Crippen molar-refractivity contribution in [1.29, 1.82) is 0 Å². The predicted molar refractivity (Wildman–Crippen MR) is 129 cm³/mol. The summed E-state index contributed by atoms with van der Waals surface area (Å²) in [4.78, 5) is 22.0. The van der Waals surface area contributed by atoms with Crippen molar-refractivity contribution in [2.75, 3.05) is 44.0 Å². The van der Waals surface area contributed by atoms with Crippen molar-refractivity contribution >= 4 is 17.3 Å². The number of ether oxygens (including phenoxy) is 2. The second-order valence-electron chi connectivity index (χ2n) is 8.45. The van der Waals surface area contributed by atoms with Crippen molar-refractivity contribution in [3.05, 3.63) is 65.9 Å². The lowest BCUT2D eigenvalue weighted by molar-refractivity contribution is 0.0992. The molecule has 2 aliphatic rings. The summed E-state index contributed by atoms with van der Waals surface area (Å²) in [6.07, 6.45) is 2.53. The fourth-order valence-electron chi connectivity index (χ4n) is 4.43. The van der Waals surface area contributed by atoms with Gasteiger partial charge in [-0.15, -0.1) is 0 Å². The molecule has 3 heterocycles. The number of fused-ring (bicyclic) bond motifs is 1. The van der Waals surface area contributed by atoms with E-state index < -0.39 is 0 Å². The standard InChI is InChI=1S/C26H28N4O3/c1-32-24-16-21(9-11-23(24)33-15-14-29-12-2-3-13-29)30-17-19-6-10-22(28-25(19)26(30)31)18-4-7-20(27)8-5-18/h4-11,16H,2-3,12-15,17,27H2,1H3. The molecule has 33 heavy (non-hydrogen) atoms. The van der Waals surface area contributed by atoms with Gasteiger partial charge in [0.25, 0.3) is 5.91 Å². The summed E-state index contributed by atoms with van der Waals surface area (Å²) in [5.41, 5.74) is 10.3. The monoisotopic (exact) mass is 444 g/mol. The van der Waals surface area contributed by atoms with Crippen molar-refractivity contribution in [3.8, 4) is 22.8 Å². The maximum absolute atomic E-state index is 13.2. The maximum atomic E-state index is 13.2. The van der Waals surface area contributed by atoms with Crippen LogP contribution in [-0.4, -0.2) is 49.1 Å². The Kier molecular flexibility index (Phi) is 5.88. The summed E-state index contributed by atoms with van der Waals surface area (Å²) >= 11 is 0. The minimum atomic E-state index is -0.118. The average molecular weight is 445 g/mol. The van der Waals surface area contributed by atoms with Gasteiger partial charge in [-0.25, -0.2) is 4.98 Å². The highest BCUT2D eigenvalue weighted by atomic mass is 16.5. The molecule has 0 spiro atoms. The molecule has 1 amide bonds. The first kappa shape index (κ1) is 21.3. The zero-order valence-corrected chi connectivity index (χ0v) is 18.8. The summed E-state index contributed by atoms with van der Waals surface area (Å²) in [5.74, 6) is 1.19. The van der Waals surface area contributed by atoms with Gasteiger partial charge in [-0.2, -0.15) is 0 Å². The van der Waals surface area contributed by atoms with Gasteiger partial charge in [0.2, 0.25) is 0 Å². The van der Waals surface area contributed by atoms with Crippen LogP contribution >= 0.6 is 0 Å². The number of methoxy groups -OCH3 is 1. The molecule has 0 unspecified atom stereocenters. The first-order valence-electron chi connectivity index (χ1n) is 11.3. The molecule has 7 nitrogen and oxygen atoms in total. The quantitative estimate of drug-likeness (QED) is 0.556. The van der Waals surface area contributed by atoms with Crippen LogP contribution in [0.2, 0.25) is 0 Å². The van der Waals surface area contributed by atoms with Crippen molar-refractivity contribution in [2.45, 2.75) is 19.4 Å². The SMILES string of the molecule is COc1cc(N2Cc3ccc(-c4ccc(N)cc4)nc3C2=O)ccc1OCCN1CCCC1.